The Labute approximate surface area is 196 Å². The van der Waals surface area contributed by atoms with Crippen LogP contribution in [0.25, 0.3) is 0 Å². The number of rotatable bonds is 6. The Kier molecular flexibility index (Phi) is 5.99. The Bertz CT molecular complexity index is 1230. The maximum Gasteiger partial charge on any atom is 0.240 e. The quantitative estimate of drug-likeness (QED) is 0.442. The van der Waals surface area contributed by atoms with E-state index in [0.29, 0.717) is 11.0 Å². The van der Waals surface area contributed by atoms with Gasteiger partial charge in [-0.1, -0.05) is 78.0 Å². The van der Waals surface area contributed by atoms with Crippen LogP contribution in [0.15, 0.2) is 90.1 Å². The van der Waals surface area contributed by atoms with E-state index >= 15 is 0 Å². The van der Waals surface area contributed by atoms with Crippen molar-refractivity contribution in [3.05, 3.63) is 102 Å². The van der Waals surface area contributed by atoms with Crippen LogP contribution < -0.4 is 15.5 Å². The average Bonchev–Trinajstić information content (AvgIpc) is 3.25. The van der Waals surface area contributed by atoms with Crippen LogP contribution in [0.1, 0.15) is 23.0 Å². The number of thioether (sulfide) groups is 1. The maximum atomic E-state index is 13.3. The summed E-state index contributed by atoms with van der Waals surface area (Å²) in [5.74, 6) is 1.30. The predicted molar refractivity (Wildman–Crippen MR) is 129 cm³/mol. The van der Waals surface area contributed by atoms with E-state index < -0.39 is 5.25 Å². The zero-order chi connectivity index (χ0) is 22.6. The number of amides is 1. The molecule has 166 valence electrons. The Morgan fingerprint density at radius 2 is 1.70 bits per heavy atom. The van der Waals surface area contributed by atoms with Crippen molar-refractivity contribution in [1.29, 1.82) is 0 Å². The minimum atomic E-state index is -0.437. The van der Waals surface area contributed by atoms with E-state index in [1.807, 2.05) is 84.4 Å². The van der Waals surface area contributed by atoms with Gasteiger partial charge in [0.2, 0.25) is 11.1 Å². The standard InChI is InChI=1S/C25H23N5O2S/c1-17-12-14-18(15-13-17)22-23(24(31)26-19-8-4-2-5-9-19)33-25-28-27-21(30(25)29-22)16-32-20-10-6-3-7-11-20/h2-15,22-23,29H,16H2,1H3,(H,26,31)/t22-,23-/m0/s1. The Balaban J connectivity index is 1.42. The molecule has 8 heteroatoms. The number of fused-ring (bicyclic) bond motifs is 1. The smallest absolute Gasteiger partial charge is 0.240 e. The van der Waals surface area contributed by atoms with Crippen molar-refractivity contribution in [2.75, 3.05) is 10.7 Å². The van der Waals surface area contributed by atoms with E-state index in [1.54, 1.807) is 0 Å². The van der Waals surface area contributed by atoms with Gasteiger partial charge in [0.1, 0.15) is 17.6 Å². The monoisotopic (exact) mass is 457 g/mol. The summed E-state index contributed by atoms with van der Waals surface area (Å²) in [5.41, 5.74) is 6.39. The summed E-state index contributed by atoms with van der Waals surface area (Å²) in [7, 11) is 0. The fourth-order valence-electron chi connectivity index (χ4n) is 3.62. The number of anilines is 1. The molecule has 1 amide bonds. The third-order valence-electron chi connectivity index (χ3n) is 5.35. The average molecular weight is 458 g/mol. The number of nitrogens with one attached hydrogen (secondary N) is 2. The molecular weight excluding hydrogens is 434 g/mol. The summed E-state index contributed by atoms with van der Waals surface area (Å²) in [4.78, 5) is 13.3. The van der Waals surface area contributed by atoms with Gasteiger partial charge in [-0.2, -0.15) is 0 Å². The second kappa shape index (κ2) is 9.38. The van der Waals surface area contributed by atoms with E-state index in [2.05, 4.69) is 33.1 Å². The number of para-hydroxylation sites is 2. The highest BCUT2D eigenvalue weighted by atomic mass is 32.2. The number of carbonyl (C=O) groups excluding carboxylic acids is 1. The van der Waals surface area contributed by atoms with E-state index in [1.165, 1.54) is 11.8 Å². The van der Waals surface area contributed by atoms with Crippen molar-refractivity contribution >= 4 is 23.4 Å². The molecule has 0 bridgehead atoms. The van der Waals surface area contributed by atoms with Crippen molar-refractivity contribution in [3.8, 4) is 5.75 Å². The molecule has 33 heavy (non-hydrogen) atoms. The molecular formula is C25H23N5O2S. The molecule has 5 rings (SSSR count). The fraction of sp³-hybridized carbons (Fsp3) is 0.160. The second-order valence-corrected chi connectivity index (χ2v) is 8.86. The molecule has 0 radical (unpaired) electrons. The molecule has 3 aromatic carbocycles. The van der Waals surface area contributed by atoms with Gasteiger partial charge < -0.3 is 15.5 Å². The molecule has 2 heterocycles. The van der Waals surface area contributed by atoms with E-state index in [-0.39, 0.29) is 18.6 Å². The topological polar surface area (TPSA) is 81.1 Å². The lowest BCUT2D eigenvalue weighted by atomic mass is 10.0. The fourth-order valence-corrected chi connectivity index (χ4v) is 4.71. The first-order valence-corrected chi connectivity index (χ1v) is 11.5. The molecule has 0 saturated heterocycles. The largest absolute Gasteiger partial charge is 0.486 e. The summed E-state index contributed by atoms with van der Waals surface area (Å²) < 4.78 is 7.70. The highest BCUT2D eigenvalue weighted by molar-refractivity contribution is 8.00. The molecule has 2 N–H and O–H groups in total. The third kappa shape index (κ3) is 4.70. The summed E-state index contributed by atoms with van der Waals surface area (Å²) in [6.07, 6.45) is 0. The normalized spacial score (nSPS) is 17.0. The Hall–Kier alpha value is -3.78. The first-order valence-electron chi connectivity index (χ1n) is 10.7. The number of aromatic nitrogens is 3. The molecule has 4 aromatic rings. The number of nitrogens with zero attached hydrogens (tertiary/aromatic N) is 3. The molecule has 0 saturated carbocycles. The molecule has 1 aliphatic rings. The number of hydrogen-bond donors (Lipinski definition) is 2. The van der Waals surface area contributed by atoms with Crippen LogP contribution in [0, 0.1) is 6.92 Å². The van der Waals surface area contributed by atoms with Gasteiger partial charge in [-0.3, -0.25) is 4.79 Å². The van der Waals surface area contributed by atoms with Crippen molar-refractivity contribution in [3.63, 3.8) is 0 Å². The van der Waals surface area contributed by atoms with Crippen LogP contribution in [0.2, 0.25) is 0 Å². The summed E-state index contributed by atoms with van der Waals surface area (Å²) in [6, 6.07) is 27.0. The Morgan fingerprint density at radius 1 is 1.00 bits per heavy atom. The number of carbonyl (C=O) groups is 1. The van der Waals surface area contributed by atoms with Crippen LogP contribution in [-0.4, -0.2) is 26.0 Å². The summed E-state index contributed by atoms with van der Waals surface area (Å²) in [5, 5.41) is 11.8. The first kappa shape index (κ1) is 21.1. The SMILES string of the molecule is Cc1ccc([C@@H]2Nn3c(COc4ccccc4)nnc3S[C@@H]2C(=O)Nc2ccccc2)cc1. The highest BCUT2D eigenvalue weighted by Crippen LogP contribution is 2.37. The van der Waals surface area contributed by atoms with Crippen LogP contribution in [0.4, 0.5) is 5.69 Å². The van der Waals surface area contributed by atoms with Crippen LogP contribution >= 0.6 is 11.8 Å². The van der Waals surface area contributed by atoms with Gasteiger partial charge in [-0.25, -0.2) is 4.68 Å². The van der Waals surface area contributed by atoms with Gasteiger partial charge in [-0.15, -0.1) is 10.2 Å². The molecule has 0 spiro atoms. The molecule has 0 fully saturated rings. The van der Waals surface area contributed by atoms with Crippen molar-refractivity contribution in [2.45, 2.75) is 30.0 Å². The van der Waals surface area contributed by atoms with Gasteiger partial charge in [0.15, 0.2) is 5.82 Å². The van der Waals surface area contributed by atoms with Gasteiger partial charge in [0.05, 0.1) is 6.04 Å². The molecule has 7 nitrogen and oxygen atoms in total. The minimum absolute atomic E-state index is 0.0967. The van der Waals surface area contributed by atoms with E-state index in [4.69, 9.17) is 4.74 Å². The Morgan fingerprint density at radius 3 is 2.42 bits per heavy atom. The van der Waals surface area contributed by atoms with Crippen LogP contribution in [0.3, 0.4) is 0 Å². The first-order chi connectivity index (χ1) is 16.2. The molecule has 1 aromatic heterocycles. The van der Waals surface area contributed by atoms with Gasteiger partial charge >= 0.3 is 0 Å². The van der Waals surface area contributed by atoms with Gasteiger partial charge in [0, 0.05) is 5.69 Å². The molecule has 2 atom stereocenters. The number of benzene rings is 3. The minimum Gasteiger partial charge on any atom is -0.486 e. The lowest BCUT2D eigenvalue weighted by Gasteiger charge is -2.33. The molecule has 0 aliphatic carbocycles. The van der Waals surface area contributed by atoms with Crippen LogP contribution in [-0.2, 0) is 11.4 Å². The zero-order valence-corrected chi connectivity index (χ0v) is 18.8. The van der Waals surface area contributed by atoms with Gasteiger partial charge in [0.25, 0.3) is 0 Å². The van der Waals surface area contributed by atoms with Crippen molar-refractivity contribution in [1.82, 2.24) is 14.9 Å². The lowest BCUT2D eigenvalue weighted by molar-refractivity contribution is -0.116. The lowest BCUT2D eigenvalue weighted by Crippen LogP contribution is -2.41. The highest BCUT2D eigenvalue weighted by Gasteiger charge is 2.38. The third-order valence-corrected chi connectivity index (χ3v) is 6.57. The second-order valence-electron chi connectivity index (χ2n) is 7.75. The van der Waals surface area contributed by atoms with Crippen molar-refractivity contribution in [2.24, 2.45) is 0 Å². The molecule has 1 aliphatic heterocycles. The van der Waals surface area contributed by atoms with Crippen LogP contribution in [0.5, 0.6) is 5.75 Å². The number of hydrogen-bond acceptors (Lipinski definition) is 6. The maximum absolute atomic E-state index is 13.3. The number of ether oxygens (including phenoxy) is 1. The van der Waals surface area contributed by atoms with Gasteiger partial charge in [-0.05, 0) is 36.8 Å². The van der Waals surface area contributed by atoms with Crippen molar-refractivity contribution < 1.29 is 9.53 Å². The summed E-state index contributed by atoms with van der Waals surface area (Å²) in [6.45, 7) is 2.30. The summed E-state index contributed by atoms with van der Waals surface area (Å²) >= 11 is 1.39. The van der Waals surface area contributed by atoms with E-state index in [9.17, 15) is 4.79 Å². The van der Waals surface area contributed by atoms with E-state index in [0.717, 1.165) is 22.6 Å². The predicted octanol–water partition coefficient (Wildman–Crippen LogP) is 4.56. The number of aryl methyl sites for hydroxylation is 1. The molecule has 0 unspecified atom stereocenters. The zero-order valence-electron chi connectivity index (χ0n) is 18.0.